The van der Waals surface area contributed by atoms with Crippen molar-refractivity contribution in [3.8, 4) is 0 Å². The molecule has 6 heteroatoms. The van der Waals surface area contributed by atoms with Gasteiger partial charge in [-0.15, -0.1) is 0 Å². The first-order chi connectivity index (χ1) is 6.36. The van der Waals surface area contributed by atoms with E-state index >= 15 is 0 Å². The lowest BCUT2D eigenvalue weighted by Crippen LogP contribution is -2.07. The van der Waals surface area contributed by atoms with Gasteiger partial charge in [0.2, 0.25) is 5.13 Å². The summed E-state index contributed by atoms with van der Waals surface area (Å²) in [4.78, 5) is 4.29. The Hall–Kier alpha value is -0.330. The predicted molar refractivity (Wildman–Crippen MR) is 57.5 cm³/mol. The van der Waals surface area contributed by atoms with Crippen molar-refractivity contribution in [1.29, 1.82) is 0 Å². The molecule has 0 saturated carbocycles. The minimum atomic E-state index is 0.692. The largest absolute Gasteiger partial charge is 0.383 e. The zero-order valence-electron chi connectivity index (χ0n) is 7.74. The number of ether oxygens (including phenoxy) is 1. The molecule has 0 bridgehead atoms. The summed E-state index contributed by atoms with van der Waals surface area (Å²) in [7, 11) is 1.68. The van der Waals surface area contributed by atoms with Gasteiger partial charge in [-0.25, -0.2) is 4.98 Å². The van der Waals surface area contributed by atoms with Gasteiger partial charge in [0.25, 0.3) is 0 Å². The molecule has 0 amide bonds. The molecule has 1 heterocycles. The Morgan fingerprint density at radius 2 is 2.46 bits per heavy atom. The van der Waals surface area contributed by atoms with E-state index < -0.39 is 0 Å². The Morgan fingerprint density at radius 3 is 3.15 bits per heavy atom. The second-order valence-electron chi connectivity index (χ2n) is 2.37. The summed E-state index contributed by atoms with van der Waals surface area (Å²) in [6.07, 6.45) is 2.04. The fourth-order valence-corrected chi connectivity index (χ4v) is 1.85. The van der Waals surface area contributed by atoms with Crippen molar-refractivity contribution in [2.24, 2.45) is 0 Å². The molecule has 1 N–H and O–H groups in total. The van der Waals surface area contributed by atoms with Crippen LogP contribution in [-0.4, -0.2) is 35.9 Å². The van der Waals surface area contributed by atoms with Crippen LogP contribution in [0.25, 0.3) is 0 Å². The highest BCUT2D eigenvalue weighted by molar-refractivity contribution is 7.97. The monoisotopic (exact) mass is 219 g/mol. The number of nitrogens with zero attached hydrogens (tertiary/aromatic N) is 2. The van der Waals surface area contributed by atoms with E-state index in [1.54, 1.807) is 18.9 Å². The molecule has 0 aromatic carbocycles. The molecule has 74 valence electrons. The lowest BCUT2D eigenvalue weighted by atomic mass is 10.7. The third-order valence-electron chi connectivity index (χ3n) is 1.32. The van der Waals surface area contributed by atoms with Gasteiger partial charge < -0.3 is 10.1 Å². The van der Waals surface area contributed by atoms with Crippen molar-refractivity contribution >= 4 is 28.4 Å². The van der Waals surface area contributed by atoms with Crippen molar-refractivity contribution in [1.82, 2.24) is 9.36 Å². The lowest BCUT2D eigenvalue weighted by molar-refractivity contribution is 0.211. The van der Waals surface area contributed by atoms with E-state index in [1.165, 1.54) is 11.5 Å². The van der Waals surface area contributed by atoms with Crippen molar-refractivity contribution in [3.05, 3.63) is 5.82 Å². The second-order valence-corrected chi connectivity index (χ2v) is 3.99. The number of aromatic nitrogens is 2. The maximum absolute atomic E-state index is 4.91. The van der Waals surface area contributed by atoms with Gasteiger partial charge in [0.05, 0.1) is 12.4 Å². The topological polar surface area (TPSA) is 47.0 Å². The Labute approximate surface area is 86.3 Å². The fraction of sp³-hybridized carbons (Fsp3) is 0.714. The maximum atomic E-state index is 4.91. The highest BCUT2D eigenvalue weighted by Crippen LogP contribution is 2.13. The summed E-state index contributed by atoms with van der Waals surface area (Å²) >= 11 is 3.12. The van der Waals surface area contributed by atoms with Gasteiger partial charge in [0.15, 0.2) is 5.82 Å². The Kier molecular flexibility index (Phi) is 5.10. The molecule has 4 nitrogen and oxygen atoms in total. The zero-order chi connectivity index (χ0) is 9.52. The van der Waals surface area contributed by atoms with Crippen LogP contribution in [0, 0.1) is 0 Å². The average Bonchev–Trinajstić information content (AvgIpc) is 2.54. The number of rotatable bonds is 6. The molecule has 0 aliphatic carbocycles. The zero-order valence-corrected chi connectivity index (χ0v) is 9.37. The Bertz CT molecular complexity index is 241. The van der Waals surface area contributed by atoms with Crippen molar-refractivity contribution in [2.75, 3.05) is 31.8 Å². The van der Waals surface area contributed by atoms with Gasteiger partial charge in [0, 0.05) is 25.2 Å². The molecule has 0 spiro atoms. The summed E-state index contributed by atoms with van der Waals surface area (Å²) in [5.74, 6) is 1.78. The van der Waals surface area contributed by atoms with Gasteiger partial charge >= 0.3 is 0 Å². The molecule has 1 aromatic rings. The van der Waals surface area contributed by atoms with E-state index in [4.69, 9.17) is 4.74 Å². The smallest absolute Gasteiger partial charge is 0.202 e. The molecule has 0 aliphatic heterocycles. The van der Waals surface area contributed by atoms with Crippen LogP contribution in [0.1, 0.15) is 5.82 Å². The number of hydrogen-bond acceptors (Lipinski definition) is 6. The first-order valence-corrected chi connectivity index (χ1v) is 6.08. The van der Waals surface area contributed by atoms with E-state index in [0.29, 0.717) is 6.61 Å². The molecular formula is C7H13N3OS2. The third-order valence-corrected chi connectivity index (χ3v) is 2.58. The minimum Gasteiger partial charge on any atom is -0.383 e. The molecule has 0 atom stereocenters. The Morgan fingerprint density at radius 1 is 1.62 bits per heavy atom. The van der Waals surface area contributed by atoms with Gasteiger partial charge in [-0.2, -0.15) is 16.1 Å². The molecule has 0 unspecified atom stereocenters. The number of hydrogen-bond donors (Lipinski definition) is 1. The molecule has 13 heavy (non-hydrogen) atoms. The van der Waals surface area contributed by atoms with Crippen LogP contribution in [0.5, 0.6) is 0 Å². The van der Waals surface area contributed by atoms with Gasteiger partial charge in [0.1, 0.15) is 0 Å². The van der Waals surface area contributed by atoms with Crippen LogP contribution in [-0.2, 0) is 10.5 Å². The third kappa shape index (κ3) is 3.93. The van der Waals surface area contributed by atoms with Crippen LogP contribution in [0.15, 0.2) is 0 Å². The highest BCUT2D eigenvalue weighted by Gasteiger charge is 2.01. The molecule has 1 aromatic heterocycles. The summed E-state index contributed by atoms with van der Waals surface area (Å²) in [6.45, 7) is 1.47. The molecular weight excluding hydrogens is 206 g/mol. The van der Waals surface area contributed by atoms with Crippen molar-refractivity contribution in [3.63, 3.8) is 0 Å². The summed E-state index contributed by atoms with van der Waals surface area (Å²) in [6, 6.07) is 0. The van der Waals surface area contributed by atoms with Crippen LogP contribution < -0.4 is 5.32 Å². The highest BCUT2D eigenvalue weighted by atomic mass is 32.2. The maximum Gasteiger partial charge on any atom is 0.202 e. The fourth-order valence-electron chi connectivity index (χ4n) is 0.774. The van der Waals surface area contributed by atoms with Gasteiger partial charge in [-0.1, -0.05) is 0 Å². The molecule has 0 aliphatic rings. The average molecular weight is 219 g/mol. The SMILES string of the molecule is COCCNc1nc(CSC)ns1. The van der Waals surface area contributed by atoms with Gasteiger partial charge in [-0.3, -0.25) is 0 Å². The Balaban J connectivity index is 2.31. The first-order valence-electron chi connectivity index (χ1n) is 3.91. The van der Waals surface area contributed by atoms with E-state index in [2.05, 4.69) is 14.7 Å². The van der Waals surface area contributed by atoms with Gasteiger partial charge in [-0.05, 0) is 6.26 Å². The quantitative estimate of drug-likeness (QED) is 0.734. The lowest BCUT2D eigenvalue weighted by Gasteiger charge is -1.98. The second kappa shape index (κ2) is 6.17. The van der Waals surface area contributed by atoms with Crippen LogP contribution in [0.2, 0.25) is 0 Å². The van der Waals surface area contributed by atoms with Crippen LogP contribution in [0.3, 0.4) is 0 Å². The standard InChI is InChI=1S/C7H13N3OS2/c1-11-4-3-8-7-9-6(5-12-2)10-13-7/h3-5H2,1-2H3,(H,8,9,10). The van der Waals surface area contributed by atoms with Crippen molar-refractivity contribution < 1.29 is 4.74 Å². The molecule has 0 radical (unpaired) electrons. The van der Waals surface area contributed by atoms with E-state index in [0.717, 1.165) is 23.3 Å². The summed E-state index contributed by atoms with van der Waals surface area (Å²) in [5.41, 5.74) is 0. The first kappa shape index (κ1) is 10.7. The molecule has 0 saturated heterocycles. The van der Waals surface area contributed by atoms with Crippen LogP contribution >= 0.6 is 23.3 Å². The normalized spacial score (nSPS) is 10.3. The number of methoxy groups -OCH3 is 1. The summed E-state index contributed by atoms with van der Waals surface area (Å²) in [5, 5.41) is 4.01. The van der Waals surface area contributed by atoms with E-state index in [9.17, 15) is 0 Å². The van der Waals surface area contributed by atoms with E-state index in [1.807, 2.05) is 6.26 Å². The van der Waals surface area contributed by atoms with Crippen molar-refractivity contribution in [2.45, 2.75) is 5.75 Å². The number of nitrogens with one attached hydrogen (secondary N) is 1. The van der Waals surface area contributed by atoms with E-state index in [-0.39, 0.29) is 0 Å². The number of thioether (sulfide) groups is 1. The predicted octanol–water partition coefficient (Wildman–Crippen LogP) is 1.46. The molecule has 1 rings (SSSR count). The minimum absolute atomic E-state index is 0.692. The molecule has 0 fully saturated rings. The summed E-state index contributed by atoms with van der Waals surface area (Å²) < 4.78 is 9.10. The van der Waals surface area contributed by atoms with Crippen LogP contribution in [0.4, 0.5) is 5.13 Å². The number of anilines is 1.